The summed E-state index contributed by atoms with van der Waals surface area (Å²) in [5.74, 6) is -0.257. The highest BCUT2D eigenvalue weighted by molar-refractivity contribution is 6.32. The third-order valence-corrected chi connectivity index (χ3v) is 3.49. The second kappa shape index (κ2) is 7.15. The molecule has 7 nitrogen and oxygen atoms in total. The average Bonchev–Trinajstić information content (AvgIpc) is 2.84. The lowest BCUT2D eigenvalue weighted by molar-refractivity contribution is -0.115. The summed E-state index contributed by atoms with van der Waals surface area (Å²) >= 11 is 5.98. The second-order valence-electron chi connectivity index (χ2n) is 4.87. The molecule has 0 saturated carbocycles. The fourth-order valence-corrected chi connectivity index (χ4v) is 2.13. The van der Waals surface area contributed by atoms with Gasteiger partial charge in [-0.1, -0.05) is 11.6 Å². The number of carbonyl (C=O) groups is 2. The van der Waals surface area contributed by atoms with Crippen molar-refractivity contribution < 1.29 is 14.3 Å². The number of amides is 2. The minimum atomic E-state index is -0.406. The zero-order valence-corrected chi connectivity index (χ0v) is 13.8. The van der Waals surface area contributed by atoms with Crippen molar-refractivity contribution in [3.05, 3.63) is 40.7 Å². The molecule has 1 heterocycles. The van der Waals surface area contributed by atoms with E-state index in [1.165, 1.54) is 7.11 Å². The summed E-state index contributed by atoms with van der Waals surface area (Å²) in [6.45, 7) is 1.67. The van der Waals surface area contributed by atoms with Gasteiger partial charge in [0.05, 0.1) is 18.7 Å². The molecule has 0 fully saturated rings. The minimum absolute atomic E-state index is 0.169. The van der Waals surface area contributed by atoms with Gasteiger partial charge in [0.2, 0.25) is 5.91 Å². The summed E-state index contributed by atoms with van der Waals surface area (Å²) in [5, 5.41) is 9.58. The fraction of sp³-hybridized carbons (Fsp3) is 0.267. The van der Waals surface area contributed by atoms with Crippen molar-refractivity contribution in [1.29, 1.82) is 0 Å². The number of rotatable bonds is 5. The lowest BCUT2D eigenvalue weighted by Crippen LogP contribution is -2.33. The smallest absolute Gasteiger partial charge is 0.272 e. The zero-order chi connectivity index (χ0) is 17.0. The molecule has 0 unspecified atom stereocenters. The number of nitrogens with zero attached hydrogens (tertiary/aromatic N) is 2. The third kappa shape index (κ3) is 4.23. The molecule has 122 valence electrons. The van der Waals surface area contributed by atoms with Crippen LogP contribution < -0.4 is 15.4 Å². The number of anilines is 1. The number of nitrogens with one attached hydrogen (secondary N) is 2. The Labute approximate surface area is 138 Å². The normalized spacial score (nSPS) is 10.3. The van der Waals surface area contributed by atoms with Gasteiger partial charge in [0.1, 0.15) is 11.4 Å². The van der Waals surface area contributed by atoms with E-state index in [1.807, 2.05) is 6.92 Å². The topological polar surface area (TPSA) is 85.3 Å². The largest absolute Gasteiger partial charge is 0.495 e. The second-order valence-corrected chi connectivity index (χ2v) is 5.28. The average molecular weight is 337 g/mol. The van der Waals surface area contributed by atoms with Crippen LogP contribution in [0, 0.1) is 6.92 Å². The van der Waals surface area contributed by atoms with Gasteiger partial charge in [-0.3, -0.25) is 14.3 Å². The van der Waals surface area contributed by atoms with Crippen LogP contribution in [0.15, 0.2) is 24.3 Å². The number of aryl methyl sites for hydroxylation is 2. The Bertz CT molecular complexity index is 723. The molecular weight excluding hydrogens is 320 g/mol. The molecule has 1 aromatic carbocycles. The minimum Gasteiger partial charge on any atom is -0.495 e. The summed E-state index contributed by atoms with van der Waals surface area (Å²) in [5.41, 5.74) is 1.64. The Morgan fingerprint density at radius 3 is 2.65 bits per heavy atom. The van der Waals surface area contributed by atoms with Gasteiger partial charge >= 0.3 is 0 Å². The molecule has 0 spiro atoms. The van der Waals surface area contributed by atoms with Crippen molar-refractivity contribution in [2.75, 3.05) is 19.0 Å². The van der Waals surface area contributed by atoms with E-state index < -0.39 is 5.91 Å². The van der Waals surface area contributed by atoms with Crippen LogP contribution in [0.5, 0.6) is 5.75 Å². The molecule has 0 bridgehead atoms. The van der Waals surface area contributed by atoms with Crippen molar-refractivity contribution in [2.45, 2.75) is 6.92 Å². The first-order valence-corrected chi connectivity index (χ1v) is 7.20. The monoisotopic (exact) mass is 336 g/mol. The Kier molecular flexibility index (Phi) is 5.23. The number of carbonyl (C=O) groups excluding carboxylic acids is 2. The Morgan fingerprint density at radius 1 is 1.35 bits per heavy atom. The maximum Gasteiger partial charge on any atom is 0.272 e. The molecule has 23 heavy (non-hydrogen) atoms. The first-order chi connectivity index (χ1) is 10.9. The Hall–Kier alpha value is -2.54. The molecule has 0 radical (unpaired) electrons. The molecule has 1 aromatic heterocycles. The standard InChI is InChI=1S/C15H17ClN4O3/c1-9-6-12(19-20(9)2)15(22)17-8-14(21)18-10-4-5-13(23-3)11(16)7-10/h4-7H,8H2,1-3H3,(H,17,22)(H,18,21). The molecule has 2 aromatic rings. The predicted octanol–water partition coefficient (Wildman–Crippen LogP) is 1.76. The van der Waals surface area contributed by atoms with Crippen molar-refractivity contribution in [1.82, 2.24) is 15.1 Å². The van der Waals surface area contributed by atoms with Crippen LogP contribution in [-0.4, -0.2) is 35.2 Å². The van der Waals surface area contributed by atoms with Crippen LogP contribution in [-0.2, 0) is 11.8 Å². The quantitative estimate of drug-likeness (QED) is 0.871. The van der Waals surface area contributed by atoms with Gasteiger partial charge in [-0.15, -0.1) is 0 Å². The first kappa shape index (κ1) is 16.8. The lowest BCUT2D eigenvalue weighted by atomic mass is 10.3. The van der Waals surface area contributed by atoms with E-state index in [2.05, 4.69) is 15.7 Å². The molecular formula is C15H17ClN4O3. The number of hydrogen-bond acceptors (Lipinski definition) is 4. The highest BCUT2D eigenvalue weighted by Crippen LogP contribution is 2.27. The van der Waals surface area contributed by atoms with Crippen LogP contribution in [0.1, 0.15) is 16.2 Å². The number of ether oxygens (including phenoxy) is 1. The fourth-order valence-electron chi connectivity index (χ4n) is 1.87. The highest BCUT2D eigenvalue weighted by atomic mass is 35.5. The van der Waals surface area contributed by atoms with Crippen molar-refractivity contribution in [3.63, 3.8) is 0 Å². The molecule has 0 saturated heterocycles. The van der Waals surface area contributed by atoms with Gasteiger partial charge in [-0.2, -0.15) is 5.10 Å². The van der Waals surface area contributed by atoms with Crippen molar-refractivity contribution in [3.8, 4) is 5.75 Å². The van der Waals surface area contributed by atoms with Gasteiger partial charge in [0.25, 0.3) is 5.91 Å². The summed E-state index contributed by atoms with van der Waals surface area (Å²) in [6.07, 6.45) is 0. The lowest BCUT2D eigenvalue weighted by Gasteiger charge is -2.08. The summed E-state index contributed by atoms with van der Waals surface area (Å²) < 4.78 is 6.63. The van der Waals surface area contributed by atoms with Gasteiger partial charge in [-0.05, 0) is 31.2 Å². The first-order valence-electron chi connectivity index (χ1n) is 6.83. The summed E-state index contributed by atoms with van der Waals surface area (Å²) in [7, 11) is 3.25. The van der Waals surface area contributed by atoms with Crippen LogP contribution >= 0.6 is 11.6 Å². The number of halogens is 1. The Balaban J connectivity index is 1.90. The van der Waals surface area contributed by atoms with Crippen LogP contribution in [0.4, 0.5) is 5.69 Å². The molecule has 2 rings (SSSR count). The third-order valence-electron chi connectivity index (χ3n) is 3.19. The van der Waals surface area contributed by atoms with E-state index in [0.717, 1.165) is 5.69 Å². The van der Waals surface area contributed by atoms with Gasteiger partial charge in [0.15, 0.2) is 0 Å². The summed E-state index contributed by atoms with van der Waals surface area (Å²) in [4.78, 5) is 23.8. The highest BCUT2D eigenvalue weighted by Gasteiger charge is 2.12. The van der Waals surface area contributed by atoms with Crippen molar-refractivity contribution >= 4 is 29.1 Å². The van der Waals surface area contributed by atoms with E-state index in [4.69, 9.17) is 16.3 Å². The van der Waals surface area contributed by atoms with Crippen LogP contribution in [0.25, 0.3) is 0 Å². The van der Waals surface area contributed by atoms with Crippen LogP contribution in [0.3, 0.4) is 0 Å². The molecule has 0 aliphatic carbocycles. The Morgan fingerprint density at radius 2 is 2.09 bits per heavy atom. The molecule has 0 aliphatic rings. The van der Waals surface area contributed by atoms with Gasteiger partial charge in [0, 0.05) is 18.4 Å². The van der Waals surface area contributed by atoms with E-state index in [-0.39, 0.29) is 18.1 Å². The number of methoxy groups -OCH3 is 1. The van der Waals surface area contributed by atoms with Gasteiger partial charge < -0.3 is 15.4 Å². The van der Waals surface area contributed by atoms with E-state index in [1.54, 1.807) is 36.0 Å². The predicted molar refractivity (Wildman–Crippen MR) is 86.9 cm³/mol. The molecule has 2 amide bonds. The summed E-state index contributed by atoms with van der Waals surface area (Å²) in [6, 6.07) is 6.53. The number of aromatic nitrogens is 2. The number of benzene rings is 1. The maximum atomic E-state index is 11.9. The molecule has 0 aliphatic heterocycles. The van der Waals surface area contributed by atoms with E-state index in [0.29, 0.717) is 16.5 Å². The van der Waals surface area contributed by atoms with Crippen molar-refractivity contribution in [2.24, 2.45) is 7.05 Å². The van der Waals surface area contributed by atoms with Gasteiger partial charge in [-0.25, -0.2) is 0 Å². The molecule has 2 N–H and O–H groups in total. The van der Waals surface area contributed by atoms with E-state index >= 15 is 0 Å². The maximum absolute atomic E-state index is 11.9. The number of hydrogen-bond donors (Lipinski definition) is 2. The molecule has 8 heteroatoms. The van der Waals surface area contributed by atoms with E-state index in [9.17, 15) is 9.59 Å². The molecule has 0 atom stereocenters. The zero-order valence-electron chi connectivity index (χ0n) is 13.0. The SMILES string of the molecule is COc1ccc(NC(=O)CNC(=O)c2cc(C)n(C)n2)cc1Cl. The van der Waals surface area contributed by atoms with Crippen LogP contribution in [0.2, 0.25) is 5.02 Å².